The molecule has 1 aliphatic heterocycles. The van der Waals surface area contributed by atoms with Crippen molar-refractivity contribution in [1.82, 2.24) is 5.32 Å². The minimum Gasteiger partial charge on any atom is -0.504 e. The van der Waals surface area contributed by atoms with Gasteiger partial charge in [-0.05, 0) is 31.9 Å². The molecule has 1 aromatic carbocycles. The summed E-state index contributed by atoms with van der Waals surface area (Å²) in [7, 11) is 0. The Hall–Kier alpha value is -1.75. The van der Waals surface area contributed by atoms with E-state index in [0.717, 1.165) is 5.56 Å². The van der Waals surface area contributed by atoms with Gasteiger partial charge in [0, 0.05) is 11.1 Å². The molecule has 4 N–H and O–H groups in total. The van der Waals surface area contributed by atoms with Gasteiger partial charge < -0.3 is 15.3 Å². The summed E-state index contributed by atoms with van der Waals surface area (Å²) in [5.74, 6) is -1.28. The number of aromatic hydroxyl groups is 2. The van der Waals surface area contributed by atoms with Gasteiger partial charge in [0.1, 0.15) is 6.04 Å². The van der Waals surface area contributed by atoms with Crippen LogP contribution in [-0.4, -0.2) is 27.3 Å². The number of phenolic OH excluding ortho intramolecular Hbond substituents is 2. The van der Waals surface area contributed by atoms with Gasteiger partial charge in [-0.2, -0.15) is 0 Å². The molecule has 0 amide bonds. The van der Waals surface area contributed by atoms with E-state index in [9.17, 15) is 15.0 Å². The van der Waals surface area contributed by atoms with E-state index in [-0.39, 0.29) is 11.5 Å². The Morgan fingerprint density at radius 1 is 1.41 bits per heavy atom. The molecule has 0 saturated heterocycles. The van der Waals surface area contributed by atoms with E-state index >= 15 is 0 Å². The van der Waals surface area contributed by atoms with E-state index in [1.807, 2.05) is 0 Å². The van der Waals surface area contributed by atoms with E-state index in [2.05, 4.69) is 5.32 Å². The average molecular weight is 237 g/mol. The lowest BCUT2D eigenvalue weighted by molar-refractivity contribution is -0.140. The molecule has 0 aliphatic carbocycles. The van der Waals surface area contributed by atoms with Crippen LogP contribution in [0.5, 0.6) is 11.5 Å². The zero-order valence-electron chi connectivity index (χ0n) is 9.69. The van der Waals surface area contributed by atoms with Crippen molar-refractivity contribution < 1.29 is 20.1 Å². The van der Waals surface area contributed by atoms with Crippen molar-refractivity contribution in [3.8, 4) is 11.5 Å². The molecule has 5 heteroatoms. The molecule has 0 radical (unpaired) electrons. The topological polar surface area (TPSA) is 89.8 Å². The molecule has 1 heterocycles. The second-order valence-corrected chi connectivity index (χ2v) is 4.83. The third kappa shape index (κ3) is 1.82. The maximum Gasteiger partial charge on any atom is 0.321 e. The Balaban J connectivity index is 2.56. The zero-order valence-corrected chi connectivity index (χ0v) is 9.69. The normalized spacial score (nSPS) is 21.9. The van der Waals surface area contributed by atoms with E-state index in [0.29, 0.717) is 12.0 Å². The minimum atomic E-state index is -0.920. The third-order valence-electron chi connectivity index (χ3n) is 3.13. The van der Waals surface area contributed by atoms with Crippen LogP contribution in [0.2, 0.25) is 0 Å². The molecule has 0 fully saturated rings. The molecule has 2 rings (SSSR count). The van der Waals surface area contributed by atoms with Crippen molar-refractivity contribution in [3.05, 3.63) is 23.3 Å². The minimum absolute atomic E-state index is 0.177. The second-order valence-electron chi connectivity index (χ2n) is 4.83. The van der Waals surface area contributed by atoms with Crippen molar-refractivity contribution >= 4 is 5.97 Å². The van der Waals surface area contributed by atoms with Crippen LogP contribution in [0, 0.1) is 0 Å². The standard InChI is InChI=1S/C12H15NO4/c1-12(2)9-6(3-4-8(14)10(9)15)5-7(13-12)11(16)17/h3-4,7,13-15H,5H2,1-2H3,(H,16,17). The Labute approximate surface area is 98.7 Å². The fourth-order valence-corrected chi connectivity index (χ4v) is 2.42. The first-order valence-corrected chi connectivity index (χ1v) is 5.37. The molecule has 1 atom stereocenters. The largest absolute Gasteiger partial charge is 0.504 e. The summed E-state index contributed by atoms with van der Waals surface area (Å²) >= 11 is 0. The number of phenols is 2. The number of aliphatic carboxylic acids is 1. The lowest BCUT2D eigenvalue weighted by Crippen LogP contribution is -2.52. The molecule has 17 heavy (non-hydrogen) atoms. The van der Waals surface area contributed by atoms with Gasteiger partial charge in [0.05, 0.1) is 0 Å². The van der Waals surface area contributed by atoms with Crippen LogP contribution >= 0.6 is 0 Å². The lowest BCUT2D eigenvalue weighted by Gasteiger charge is -2.37. The fraction of sp³-hybridized carbons (Fsp3) is 0.417. The van der Waals surface area contributed by atoms with Crippen LogP contribution in [0.1, 0.15) is 25.0 Å². The number of hydrogen-bond acceptors (Lipinski definition) is 4. The van der Waals surface area contributed by atoms with Crippen molar-refractivity contribution in [2.24, 2.45) is 0 Å². The first kappa shape index (κ1) is 11.7. The van der Waals surface area contributed by atoms with Gasteiger partial charge in [0.15, 0.2) is 11.5 Å². The van der Waals surface area contributed by atoms with Crippen LogP contribution in [0.3, 0.4) is 0 Å². The van der Waals surface area contributed by atoms with Gasteiger partial charge in [0.25, 0.3) is 0 Å². The van der Waals surface area contributed by atoms with Crippen LogP contribution in [0.25, 0.3) is 0 Å². The molecular weight excluding hydrogens is 222 g/mol. The number of hydrogen-bond donors (Lipinski definition) is 4. The summed E-state index contributed by atoms with van der Waals surface area (Å²) in [6, 6.07) is 2.36. The van der Waals surface area contributed by atoms with Gasteiger partial charge in [-0.1, -0.05) is 6.07 Å². The summed E-state index contributed by atoms with van der Waals surface area (Å²) in [5, 5.41) is 31.3. The molecular formula is C12H15NO4. The van der Waals surface area contributed by atoms with Crippen LogP contribution in [0.15, 0.2) is 12.1 Å². The monoisotopic (exact) mass is 237 g/mol. The summed E-state index contributed by atoms with van der Waals surface area (Å²) in [6.07, 6.45) is 0.294. The summed E-state index contributed by atoms with van der Waals surface area (Å²) < 4.78 is 0. The van der Waals surface area contributed by atoms with Crippen molar-refractivity contribution in [1.29, 1.82) is 0 Å². The maximum atomic E-state index is 11.0. The summed E-state index contributed by atoms with van der Waals surface area (Å²) in [6.45, 7) is 3.56. The Bertz CT molecular complexity index is 482. The number of nitrogens with one attached hydrogen (secondary N) is 1. The van der Waals surface area contributed by atoms with Gasteiger partial charge in [-0.15, -0.1) is 0 Å². The molecule has 1 aromatic rings. The lowest BCUT2D eigenvalue weighted by atomic mass is 9.81. The van der Waals surface area contributed by atoms with Crippen LogP contribution in [0.4, 0.5) is 0 Å². The highest BCUT2D eigenvalue weighted by Crippen LogP contribution is 2.41. The summed E-state index contributed by atoms with van der Waals surface area (Å²) in [4.78, 5) is 11.0. The number of carboxylic acid groups (broad SMARTS) is 1. The number of carbonyl (C=O) groups is 1. The first-order valence-electron chi connectivity index (χ1n) is 5.37. The number of benzene rings is 1. The van der Waals surface area contributed by atoms with Crippen LogP contribution < -0.4 is 5.32 Å². The van der Waals surface area contributed by atoms with Crippen LogP contribution in [-0.2, 0) is 16.8 Å². The van der Waals surface area contributed by atoms with Gasteiger partial charge in [-0.25, -0.2) is 0 Å². The van der Waals surface area contributed by atoms with Crippen molar-refractivity contribution in [2.45, 2.75) is 31.8 Å². The first-order chi connectivity index (χ1) is 7.83. The fourth-order valence-electron chi connectivity index (χ4n) is 2.42. The molecule has 92 valence electrons. The highest BCUT2D eigenvalue weighted by Gasteiger charge is 2.38. The maximum absolute atomic E-state index is 11.0. The van der Waals surface area contributed by atoms with Gasteiger partial charge in [-0.3, -0.25) is 10.1 Å². The second kappa shape index (κ2) is 3.63. The predicted molar refractivity (Wildman–Crippen MR) is 61.1 cm³/mol. The smallest absolute Gasteiger partial charge is 0.321 e. The van der Waals surface area contributed by atoms with Gasteiger partial charge >= 0.3 is 5.97 Å². The predicted octanol–water partition coefficient (Wildman–Crippen LogP) is 0.932. The van der Waals surface area contributed by atoms with Crippen molar-refractivity contribution in [3.63, 3.8) is 0 Å². The molecule has 0 saturated carbocycles. The number of rotatable bonds is 1. The SMILES string of the molecule is CC1(C)NC(C(=O)O)Cc2ccc(O)c(O)c21. The highest BCUT2D eigenvalue weighted by atomic mass is 16.4. The quantitative estimate of drug-likeness (QED) is 0.546. The van der Waals surface area contributed by atoms with E-state index in [4.69, 9.17) is 5.11 Å². The third-order valence-corrected chi connectivity index (χ3v) is 3.13. The molecule has 1 aliphatic rings. The molecule has 0 aromatic heterocycles. The molecule has 5 nitrogen and oxygen atoms in total. The average Bonchev–Trinajstić information content (AvgIpc) is 2.21. The Morgan fingerprint density at radius 3 is 2.65 bits per heavy atom. The molecule has 0 bridgehead atoms. The number of fused-ring (bicyclic) bond motifs is 1. The van der Waals surface area contributed by atoms with E-state index in [1.54, 1.807) is 19.9 Å². The molecule has 0 spiro atoms. The van der Waals surface area contributed by atoms with Crippen molar-refractivity contribution in [2.75, 3.05) is 0 Å². The van der Waals surface area contributed by atoms with E-state index < -0.39 is 17.6 Å². The Kier molecular flexibility index (Phi) is 2.50. The zero-order chi connectivity index (χ0) is 12.8. The Morgan fingerprint density at radius 2 is 2.06 bits per heavy atom. The molecule has 1 unspecified atom stereocenters. The van der Waals surface area contributed by atoms with E-state index in [1.165, 1.54) is 6.07 Å². The number of carboxylic acids is 1. The highest BCUT2D eigenvalue weighted by molar-refractivity contribution is 5.75. The van der Waals surface area contributed by atoms with Gasteiger partial charge in [0.2, 0.25) is 0 Å². The summed E-state index contributed by atoms with van der Waals surface area (Å²) in [5.41, 5.74) is 0.617.